The number of carbonyl (C=O) groups is 3. The molecular weight excluding hydrogens is 468 g/mol. The summed E-state index contributed by atoms with van der Waals surface area (Å²) in [5.41, 5.74) is 2.05. The van der Waals surface area contributed by atoms with Crippen LogP contribution in [0.1, 0.15) is 30.1 Å². The number of nitrogens with zero attached hydrogens (tertiary/aromatic N) is 3. The number of benzene rings is 2. The summed E-state index contributed by atoms with van der Waals surface area (Å²) >= 11 is 6.12. The van der Waals surface area contributed by atoms with E-state index in [4.69, 9.17) is 16.3 Å². The highest BCUT2D eigenvalue weighted by molar-refractivity contribution is 6.30. The second-order valence-electron chi connectivity index (χ2n) is 8.75. The number of amides is 3. The average Bonchev–Trinajstić information content (AvgIpc) is 2.89. The van der Waals surface area contributed by atoms with E-state index in [1.807, 2.05) is 30.3 Å². The van der Waals surface area contributed by atoms with Crippen LogP contribution in [0.5, 0.6) is 0 Å². The van der Waals surface area contributed by atoms with E-state index < -0.39 is 0 Å². The van der Waals surface area contributed by atoms with Gasteiger partial charge in [-0.05, 0) is 50.1 Å². The molecule has 0 bridgehead atoms. The Hall–Kier alpha value is -3.26. The summed E-state index contributed by atoms with van der Waals surface area (Å²) in [5, 5.41) is 3.70. The fraction of sp³-hybridized carbons (Fsp3) is 0.423. The minimum Gasteiger partial charge on any atom is -0.450 e. The molecule has 8 nitrogen and oxygen atoms in total. The van der Waals surface area contributed by atoms with Crippen molar-refractivity contribution >= 4 is 40.9 Å². The van der Waals surface area contributed by atoms with E-state index in [9.17, 15) is 14.4 Å². The minimum atomic E-state index is -0.353. The lowest BCUT2D eigenvalue weighted by Gasteiger charge is -2.34. The number of anilines is 2. The molecule has 0 atom stereocenters. The van der Waals surface area contributed by atoms with Crippen molar-refractivity contribution in [3.8, 4) is 0 Å². The molecule has 2 heterocycles. The maximum Gasteiger partial charge on any atom is 0.409 e. The van der Waals surface area contributed by atoms with Crippen molar-refractivity contribution in [1.82, 2.24) is 9.80 Å². The number of para-hydroxylation sites is 1. The highest BCUT2D eigenvalue weighted by Crippen LogP contribution is 2.27. The monoisotopic (exact) mass is 498 g/mol. The lowest BCUT2D eigenvalue weighted by atomic mass is 9.95. The predicted molar refractivity (Wildman–Crippen MR) is 136 cm³/mol. The van der Waals surface area contributed by atoms with Crippen molar-refractivity contribution in [3.05, 3.63) is 59.1 Å². The molecule has 0 aromatic heterocycles. The second kappa shape index (κ2) is 11.4. The Morgan fingerprint density at radius 2 is 1.63 bits per heavy atom. The van der Waals surface area contributed by atoms with E-state index in [1.165, 1.54) is 0 Å². The first-order valence-electron chi connectivity index (χ1n) is 12.1. The van der Waals surface area contributed by atoms with Gasteiger partial charge in [-0.3, -0.25) is 9.59 Å². The van der Waals surface area contributed by atoms with Gasteiger partial charge in [0.1, 0.15) is 0 Å². The van der Waals surface area contributed by atoms with Crippen LogP contribution >= 0.6 is 11.6 Å². The van der Waals surface area contributed by atoms with Crippen LogP contribution in [0.4, 0.5) is 16.2 Å². The van der Waals surface area contributed by atoms with Gasteiger partial charge in [-0.2, -0.15) is 0 Å². The molecule has 0 saturated carbocycles. The van der Waals surface area contributed by atoms with Gasteiger partial charge in [-0.15, -0.1) is 0 Å². The Balaban J connectivity index is 1.34. The molecule has 35 heavy (non-hydrogen) atoms. The van der Waals surface area contributed by atoms with Crippen molar-refractivity contribution in [2.45, 2.75) is 19.8 Å². The molecule has 0 unspecified atom stereocenters. The summed E-state index contributed by atoms with van der Waals surface area (Å²) < 4.78 is 5.05. The molecule has 9 heteroatoms. The van der Waals surface area contributed by atoms with Crippen LogP contribution in [0, 0.1) is 5.92 Å². The predicted octanol–water partition coefficient (Wildman–Crippen LogP) is 4.11. The third kappa shape index (κ3) is 6.06. The summed E-state index contributed by atoms with van der Waals surface area (Å²) in [6.07, 6.45) is 1.10. The smallest absolute Gasteiger partial charge is 0.409 e. The van der Waals surface area contributed by atoms with E-state index in [2.05, 4.69) is 10.2 Å². The zero-order valence-electron chi connectivity index (χ0n) is 19.9. The van der Waals surface area contributed by atoms with Gasteiger partial charge in [0.25, 0.3) is 5.91 Å². The Kier molecular flexibility index (Phi) is 8.13. The number of carbonyl (C=O) groups excluding carboxylic acids is 3. The zero-order chi connectivity index (χ0) is 24.8. The first-order valence-corrected chi connectivity index (χ1v) is 12.5. The number of ether oxygens (including phenoxy) is 1. The van der Waals surface area contributed by atoms with E-state index in [-0.39, 0.29) is 23.8 Å². The van der Waals surface area contributed by atoms with E-state index in [1.54, 1.807) is 34.9 Å². The van der Waals surface area contributed by atoms with Gasteiger partial charge in [0.05, 0.1) is 17.9 Å². The molecule has 3 amide bonds. The van der Waals surface area contributed by atoms with Gasteiger partial charge in [0.2, 0.25) is 5.91 Å². The molecule has 2 saturated heterocycles. The summed E-state index contributed by atoms with van der Waals surface area (Å²) in [7, 11) is 0. The van der Waals surface area contributed by atoms with Gasteiger partial charge >= 0.3 is 6.09 Å². The third-order valence-electron chi connectivity index (χ3n) is 6.55. The van der Waals surface area contributed by atoms with Crippen LogP contribution in [-0.4, -0.2) is 73.6 Å². The van der Waals surface area contributed by atoms with Crippen LogP contribution in [-0.2, 0) is 9.53 Å². The Morgan fingerprint density at radius 1 is 0.943 bits per heavy atom. The number of nitrogens with one attached hydrogen (secondary N) is 1. The maximum absolute atomic E-state index is 13.2. The van der Waals surface area contributed by atoms with Crippen molar-refractivity contribution in [1.29, 1.82) is 0 Å². The molecule has 186 valence electrons. The highest BCUT2D eigenvalue weighted by atomic mass is 35.5. The van der Waals surface area contributed by atoms with Crippen LogP contribution in [0.3, 0.4) is 0 Å². The zero-order valence-corrected chi connectivity index (χ0v) is 20.7. The first kappa shape index (κ1) is 24.9. The summed E-state index contributed by atoms with van der Waals surface area (Å²) in [5.74, 6) is -0.343. The molecule has 0 spiro atoms. The van der Waals surface area contributed by atoms with Gasteiger partial charge in [-0.25, -0.2) is 4.79 Å². The largest absolute Gasteiger partial charge is 0.450 e. The normalized spacial score (nSPS) is 16.7. The second-order valence-corrected chi connectivity index (χ2v) is 9.19. The Labute approximate surface area is 210 Å². The highest BCUT2D eigenvalue weighted by Gasteiger charge is 2.29. The minimum absolute atomic E-state index is 0.0666. The lowest BCUT2D eigenvalue weighted by Crippen LogP contribution is -2.50. The van der Waals surface area contributed by atoms with Crippen molar-refractivity contribution in [2.75, 3.05) is 56.1 Å². The summed E-state index contributed by atoms with van der Waals surface area (Å²) in [6, 6.07) is 14.9. The van der Waals surface area contributed by atoms with Crippen LogP contribution in [0.25, 0.3) is 0 Å². The number of piperazine rings is 1. The van der Waals surface area contributed by atoms with E-state index >= 15 is 0 Å². The molecule has 2 fully saturated rings. The Bertz CT molecular complexity index is 1060. The first-order chi connectivity index (χ1) is 17.0. The topological polar surface area (TPSA) is 82.2 Å². The van der Waals surface area contributed by atoms with Gasteiger partial charge in [0, 0.05) is 55.9 Å². The fourth-order valence-corrected chi connectivity index (χ4v) is 4.75. The fourth-order valence-electron chi connectivity index (χ4n) is 4.56. The number of hydrogen-bond acceptors (Lipinski definition) is 5. The molecule has 4 rings (SSSR count). The van der Waals surface area contributed by atoms with E-state index in [0.29, 0.717) is 49.1 Å². The molecular formula is C26H31ClN4O4. The summed E-state index contributed by atoms with van der Waals surface area (Å²) in [6.45, 7) is 5.31. The summed E-state index contributed by atoms with van der Waals surface area (Å²) in [4.78, 5) is 43.8. The van der Waals surface area contributed by atoms with Gasteiger partial charge in [0.15, 0.2) is 0 Å². The standard InChI is InChI=1S/C26H31ClN4O4/c1-2-35-26(34)31-16-14-30(15-17-31)25(33)22-8-3-4-9-23(22)28-24(32)19-10-12-29(13-11-19)21-7-5-6-20(27)18-21/h3-9,18-19H,2,10-17H2,1H3,(H,28,32). The number of rotatable bonds is 5. The molecule has 1 N–H and O–H groups in total. The Morgan fingerprint density at radius 3 is 2.31 bits per heavy atom. The van der Waals surface area contributed by atoms with Gasteiger partial charge < -0.3 is 24.8 Å². The van der Waals surface area contributed by atoms with E-state index in [0.717, 1.165) is 31.6 Å². The van der Waals surface area contributed by atoms with Crippen molar-refractivity contribution in [3.63, 3.8) is 0 Å². The molecule has 2 aliphatic heterocycles. The quantitative estimate of drug-likeness (QED) is 0.671. The molecule has 2 aromatic rings. The molecule has 0 radical (unpaired) electrons. The lowest BCUT2D eigenvalue weighted by molar-refractivity contribution is -0.120. The molecule has 2 aromatic carbocycles. The maximum atomic E-state index is 13.2. The molecule has 2 aliphatic rings. The number of hydrogen-bond donors (Lipinski definition) is 1. The van der Waals surface area contributed by atoms with Crippen LogP contribution < -0.4 is 10.2 Å². The van der Waals surface area contributed by atoms with Crippen molar-refractivity contribution < 1.29 is 19.1 Å². The number of halogens is 1. The average molecular weight is 499 g/mol. The van der Waals surface area contributed by atoms with Crippen molar-refractivity contribution in [2.24, 2.45) is 5.92 Å². The number of piperidine rings is 1. The van der Waals surface area contributed by atoms with Crippen LogP contribution in [0.15, 0.2) is 48.5 Å². The SMILES string of the molecule is CCOC(=O)N1CCN(C(=O)c2ccccc2NC(=O)C2CCN(c3cccc(Cl)c3)CC2)CC1. The van der Waals surface area contributed by atoms with Crippen LogP contribution in [0.2, 0.25) is 5.02 Å². The third-order valence-corrected chi connectivity index (χ3v) is 6.78. The molecule has 0 aliphatic carbocycles. The van der Waals surface area contributed by atoms with Gasteiger partial charge in [-0.1, -0.05) is 29.8 Å².